The minimum Gasteiger partial charge on any atom is -0.497 e. The molecule has 1 unspecified atom stereocenters. The monoisotopic (exact) mass is 548 g/mol. The fourth-order valence-electron chi connectivity index (χ4n) is 4.13. The molecule has 3 aromatic carbocycles. The van der Waals surface area contributed by atoms with Gasteiger partial charge in [-0.25, -0.2) is 19.7 Å². The maximum absolute atomic E-state index is 13.0. The molecular formula is C32H28N4O5. The van der Waals surface area contributed by atoms with Crippen LogP contribution in [0.3, 0.4) is 0 Å². The van der Waals surface area contributed by atoms with Gasteiger partial charge in [0.05, 0.1) is 42.2 Å². The number of hydrogen-bond acceptors (Lipinski definition) is 8. The quantitative estimate of drug-likeness (QED) is 0.240. The molecule has 0 aliphatic rings. The molecule has 1 amide bonds. The van der Waals surface area contributed by atoms with E-state index in [0.717, 1.165) is 28.2 Å². The number of nitrogens with one attached hydrogen (secondary N) is 1. The number of esters is 1. The van der Waals surface area contributed by atoms with E-state index in [0.29, 0.717) is 28.2 Å². The first-order chi connectivity index (χ1) is 19.8. The van der Waals surface area contributed by atoms with Crippen LogP contribution in [0.1, 0.15) is 22.8 Å². The van der Waals surface area contributed by atoms with Crippen molar-refractivity contribution in [3.63, 3.8) is 0 Å². The summed E-state index contributed by atoms with van der Waals surface area (Å²) >= 11 is 0. The van der Waals surface area contributed by atoms with Crippen molar-refractivity contribution in [1.29, 1.82) is 0 Å². The van der Waals surface area contributed by atoms with Gasteiger partial charge in [0.15, 0.2) is 6.10 Å². The fourth-order valence-corrected chi connectivity index (χ4v) is 4.13. The molecule has 0 spiro atoms. The smallest absolute Gasteiger partial charge is 0.338 e. The van der Waals surface area contributed by atoms with Crippen LogP contribution in [0.4, 0.5) is 5.82 Å². The summed E-state index contributed by atoms with van der Waals surface area (Å²) in [7, 11) is 3.22. The fraction of sp³-hybridized carbons (Fsp3) is 0.156. The van der Waals surface area contributed by atoms with Crippen LogP contribution in [0.25, 0.3) is 33.5 Å². The Morgan fingerprint density at radius 3 is 1.88 bits per heavy atom. The van der Waals surface area contributed by atoms with E-state index in [9.17, 15) is 9.59 Å². The molecule has 0 saturated heterocycles. The second-order valence-electron chi connectivity index (χ2n) is 9.34. The van der Waals surface area contributed by atoms with Crippen LogP contribution in [0.15, 0.2) is 85.1 Å². The van der Waals surface area contributed by atoms with Crippen LogP contribution in [-0.4, -0.2) is 47.2 Å². The van der Waals surface area contributed by atoms with E-state index in [1.807, 2.05) is 61.5 Å². The lowest BCUT2D eigenvalue weighted by atomic mass is 10.0. The van der Waals surface area contributed by atoms with E-state index < -0.39 is 18.0 Å². The van der Waals surface area contributed by atoms with Gasteiger partial charge in [0, 0.05) is 17.3 Å². The van der Waals surface area contributed by atoms with Crippen LogP contribution < -0.4 is 14.8 Å². The Morgan fingerprint density at radius 2 is 1.34 bits per heavy atom. The Kier molecular flexibility index (Phi) is 7.87. The predicted molar refractivity (Wildman–Crippen MR) is 156 cm³/mol. The standard InChI is InChI=1S/C32H28N4O5/c1-19-5-16-28(33-18-19)36-31(37)20(2)41-32(38)23-10-15-26-27(17-23)35-30(22-8-13-25(40-4)14-9-22)29(34-26)21-6-11-24(39-3)12-7-21/h5-18,20H,1-4H3,(H,33,36,37). The van der Waals surface area contributed by atoms with Gasteiger partial charge < -0.3 is 19.5 Å². The van der Waals surface area contributed by atoms with Crippen molar-refractivity contribution in [2.45, 2.75) is 20.0 Å². The Bertz CT molecular complexity index is 1700. The van der Waals surface area contributed by atoms with Crippen molar-refractivity contribution < 1.29 is 23.8 Å². The van der Waals surface area contributed by atoms with Crippen molar-refractivity contribution >= 4 is 28.7 Å². The summed E-state index contributed by atoms with van der Waals surface area (Å²) in [5.74, 6) is 0.687. The van der Waals surface area contributed by atoms with E-state index in [1.165, 1.54) is 6.92 Å². The van der Waals surface area contributed by atoms with Gasteiger partial charge in [-0.15, -0.1) is 0 Å². The number of fused-ring (bicyclic) bond motifs is 1. The molecule has 206 valence electrons. The Balaban J connectivity index is 1.45. The highest BCUT2D eigenvalue weighted by Gasteiger charge is 2.21. The second-order valence-corrected chi connectivity index (χ2v) is 9.34. The molecule has 5 aromatic rings. The highest BCUT2D eigenvalue weighted by molar-refractivity contribution is 5.98. The van der Waals surface area contributed by atoms with Crippen molar-refractivity contribution in [3.8, 4) is 34.0 Å². The largest absolute Gasteiger partial charge is 0.497 e. The molecule has 0 bridgehead atoms. The summed E-state index contributed by atoms with van der Waals surface area (Å²) < 4.78 is 16.1. The van der Waals surface area contributed by atoms with Gasteiger partial charge in [0.1, 0.15) is 17.3 Å². The van der Waals surface area contributed by atoms with Gasteiger partial charge in [-0.1, -0.05) is 6.07 Å². The average molecular weight is 549 g/mol. The number of ether oxygens (including phenoxy) is 3. The zero-order valence-corrected chi connectivity index (χ0v) is 23.0. The highest BCUT2D eigenvalue weighted by Crippen LogP contribution is 2.33. The van der Waals surface area contributed by atoms with Crippen molar-refractivity contribution in [1.82, 2.24) is 15.0 Å². The lowest BCUT2D eigenvalue weighted by Gasteiger charge is -2.14. The normalized spacial score (nSPS) is 11.5. The summed E-state index contributed by atoms with van der Waals surface area (Å²) in [4.78, 5) is 39.5. The first-order valence-electron chi connectivity index (χ1n) is 12.9. The molecule has 2 heterocycles. The lowest BCUT2D eigenvalue weighted by Crippen LogP contribution is -2.30. The molecule has 41 heavy (non-hydrogen) atoms. The Morgan fingerprint density at radius 1 is 0.756 bits per heavy atom. The minimum absolute atomic E-state index is 0.248. The first-order valence-corrected chi connectivity index (χ1v) is 12.9. The van der Waals surface area contributed by atoms with Crippen LogP contribution in [0.2, 0.25) is 0 Å². The number of carbonyl (C=O) groups excluding carboxylic acids is 2. The molecular weight excluding hydrogens is 520 g/mol. The maximum Gasteiger partial charge on any atom is 0.338 e. The number of carbonyl (C=O) groups is 2. The third-order valence-corrected chi connectivity index (χ3v) is 6.44. The van der Waals surface area contributed by atoms with Crippen molar-refractivity contribution in [2.24, 2.45) is 0 Å². The molecule has 9 nitrogen and oxygen atoms in total. The maximum atomic E-state index is 13.0. The molecule has 0 radical (unpaired) electrons. The van der Waals surface area contributed by atoms with Crippen molar-refractivity contribution in [3.05, 3.63) is 96.2 Å². The number of anilines is 1. The van der Waals surface area contributed by atoms with Gasteiger partial charge in [0.25, 0.3) is 5.91 Å². The number of amides is 1. The van der Waals surface area contributed by atoms with Crippen LogP contribution >= 0.6 is 0 Å². The molecule has 0 aliphatic carbocycles. The van der Waals surface area contributed by atoms with E-state index in [-0.39, 0.29) is 5.56 Å². The first kappa shape index (κ1) is 27.3. The summed E-state index contributed by atoms with van der Waals surface area (Å²) in [5.41, 5.74) is 5.31. The van der Waals surface area contributed by atoms with Gasteiger partial charge in [0.2, 0.25) is 0 Å². The van der Waals surface area contributed by atoms with E-state index >= 15 is 0 Å². The zero-order chi connectivity index (χ0) is 28.9. The number of pyridine rings is 1. The van der Waals surface area contributed by atoms with Gasteiger partial charge >= 0.3 is 5.97 Å². The Hall–Kier alpha value is -5.31. The summed E-state index contributed by atoms with van der Waals surface area (Å²) in [6.45, 7) is 3.40. The molecule has 5 rings (SSSR count). The third-order valence-electron chi connectivity index (χ3n) is 6.44. The molecule has 0 aliphatic heterocycles. The number of benzene rings is 3. The molecule has 0 saturated carbocycles. The van der Waals surface area contributed by atoms with Gasteiger partial charge in [-0.05, 0) is 92.2 Å². The third kappa shape index (κ3) is 6.14. The number of nitrogens with zero attached hydrogens (tertiary/aromatic N) is 3. The van der Waals surface area contributed by atoms with Crippen LogP contribution in [-0.2, 0) is 9.53 Å². The number of hydrogen-bond donors (Lipinski definition) is 1. The van der Waals surface area contributed by atoms with Gasteiger partial charge in [-0.2, -0.15) is 0 Å². The molecule has 9 heteroatoms. The predicted octanol–water partition coefficient (Wildman–Crippen LogP) is 5.87. The summed E-state index contributed by atoms with van der Waals surface area (Å²) in [6, 6.07) is 23.5. The van der Waals surface area contributed by atoms with Crippen LogP contribution in [0.5, 0.6) is 11.5 Å². The SMILES string of the molecule is COc1ccc(-c2nc3ccc(C(=O)OC(C)C(=O)Nc4ccc(C)cn4)cc3nc2-c2ccc(OC)cc2)cc1. The lowest BCUT2D eigenvalue weighted by molar-refractivity contribution is -0.123. The Labute approximate surface area is 237 Å². The van der Waals surface area contributed by atoms with E-state index in [2.05, 4.69) is 10.3 Å². The van der Waals surface area contributed by atoms with E-state index in [4.69, 9.17) is 24.2 Å². The number of aryl methyl sites for hydroxylation is 1. The summed E-state index contributed by atoms with van der Waals surface area (Å²) in [6.07, 6.45) is 0.600. The molecule has 0 fully saturated rings. The van der Waals surface area contributed by atoms with Crippen LogP contribution in [0, 0.1) is 6.92 Å². The van der Waals surface area contributed by atoms with E-state index in [1.54, 1.807) is 44.7 Å². The molecule has 1 atom stereocenters. The number of methoxy groups -OCH3 is 2. The van der Waals surface area contributed by atoms with Crippen molar-refractivity contribution in [2.75, 3.05) is 19.5 Å². The summed E-state index contributed by atoms with van der Waals surface area (Å²) in [5, 5.41) is 2.65. The number of rotatable bonds is 8. The van der Waals surface area contributed by atoms with Gasteiger partial charge in [-0.3, -0.25) is 4.79 Å². The highest BCUT2D eigenvalue weighted by atomic mass is 16.5. The second kappa shape index (κ2) is 11.8. The average Bonchev–Trinajstić information content (AvgIpc) is 3.01. The zero-order valence-electron chi connectivity index (χ0n) is 23.0. The minimum atomic E-state index is -1.04. The molecule has 2 aromatic heterocycles. The molecule has 1 N–H and O–H groups in total. The number of aromatic nitrogens is 3. The topological polar surface area (TPSA) is 113 Å².